The van der Waals surface area contributed by atoms with Crippen LogP contribution in [-0.4, -0.2) is 16.9 Å². The molecule has 6 nitrogen and oxygen atoms in total. The predicted octanol–water partition coefficient (Wildman–Crippen LogP) is 2.22. The Morgan fingerprint density at radius 2 is 1.86 bits per heavy atom. The lowest BCUT2D eigenvalue weighted by atomic mass is 10.2. The fourth-order valence-electron chi connectivity index (χ4n) is 1.65. The second-order valence-corrected chi connectivity index (χ2v) is 4.18. The normalized spacial score (nSPS) is 10.3. The van der Waals surface area contributed by atoms with E-state index in [0.717, 1.165) is 5.56 Å². The van der Waals surface area contributed by atoms with Crippen LogP contribution in [0.4, 0.5) is 16.2 Å². The maximum Gasteiger partial charge on any atom is 0.316 e. The lowest BCUT2D eigenvalue weighted by molar-refractivity contribution is -0.111. The fraction of sp³-hybridized carbons (Fsp3) is 0. The third-order valence-corrected chi connectivity index (χ3v) is 2.51. The van der Waals surface area contributed by atoms with Crippen molar-refractivity contribution in [2.75, 3.05) is 10.6 Å². The Labute approximate surface area is 121 Å². The highest BCUT2D eigenvalue weighted by molar-refractivity contribution is 6.02. The van der Waals surface area contributed by atoms with Crippen molar-refractivity contribution < 1.29 is 9.59 Å². The summed E-state index contributed by atoms with van der Waals surface area (Å²) < 4.78 is 0. The molecular weight excluding hydrogens is 268 g/mol. The van der Waals surface area contributed by atoms with Crippen LogP contribution in [0.1, 0.15) is 5.56 Å². The highest BCUT2D eigenvalue weighted by Gasteiger charge is 2.01. The van der Waals surface area contributed by atoms with Crippen molar-refractivity contribution in [1.29, 1.82) is 0 Å². The maximum atomic E-state index is 11.8. The van der Waals surface area contributed by atoms with Crippen molar-refractivity contribution in [3.63, 3.8) is 0 Å². The minimum absolute atomic E-state index is 0.282. The summed E-state index contributed by atoms with van der Waals surface area (Å²) in [6.45, 7) is 0. The molecule has 1 aromatic carbocycles. The standard InChI is InChI=1S/C15H14N4O2/c16-15(21)19-13-5-1-4-12(9-13)18-14(20)7-6-11-3-2-8-17-10-11/h1-10H,(H,18,20)(H3,16,19,21)/b7-6+. The molecule has 1 aromatic heterocycles. The fourth-order valence-corrected chi connectivity index (χ4v) is 1.65. The maximum absolute atomic E-state index is 11.8. The number of carbonyl (C=O) groups is 2. The number of hydrogen-bond acceptors (Lipinski definition) is 3. The number of primary amides is 1. The van der Waals surface area contributed by atoms with E-state index in [1.807, 2.05) is 6.07 Å². The summed E-state index contributed by atoms with van der Waals surface area (Å²) in [5, 5.41) is 5.13. The number of pyridine rings is 1. The van der Waals surface area contributed by atoms with Crippen molar-refractivity contribution in [3.8, 4) is 0 Å². The molecule has 0 aliphatic heterocycles. The number of carbonyl (C=O) groups excluding carboxylic acids is 2. The molecule has 21 heavy (non-hydrogen) atoms. The van der Waals surface area contributed by atoms with Crippen molar-refractivity contribution in [2.24, 2.45) is 5.73 Å². The minimum Gasteiger partial charge on any atom is -0.351 e. The number of amides is 3. The van der Waals surface area contributed by atoms with Crippen LogP contribution in [0.25, 0.3) is 6.08 Å². The molecule has 0 atom stereocenters. The van der Waals surface area contributed by atoms with Crippen LogP contribution < -0.4 is 16.4 Å². The number of urea groups is 1. The number of aromatic nitrogens is 1. The largest absolute Gasteiger partial charge is 0.351 e. The quantitative estimate of drug-likeness (QED) is 0.750. The lowest BCUT2D eigenvalue weighted by Crippen LogP contribution is -2.19. The topological polar surface area (TPSA) is 97.1 Å². The number of hydrogen-bond donors (Lipinski definition) is 3. The van der Waals surface area contributed by atoms with Crippen LogP contribution in [-0.2, 0) is 4.79 Å². The summed E-state index contributed by atoms with van der Waals surface area (Å²) in [6.07, 6.45) is 6.38. The summed E-state index contributed by atoms with van der Waals surface area (Å²) in [6, 6.07) is 9.67. The average Bonchev–Trinajstić information content (AvgIpc) is 2.46. The molecule has 0 saturated heterocycles. The molecule has 2 aromatic rings. The first kappa shape index (κ1) is 14.3. The molecule has 0 spiro atoms. The Morgan fingerprint density at radius 1 is 1.10 bits per heavy atom. The van der Waals surface area contributed by atoms with Gasteiger partial charge >= 0.3 is 6.03 Å². The Balaban J connectivity index is 1.99. The van der Waals surface area contributed by atoms with Gasteiger partial charge in [-0.25, -0.2) is 4.79 Å². The molecule has 106 valence electrons. The summed E-state index contributed by atoms with van der Waals surface area (Å²) in [7, 11) is 0. The number of anilines is 2. The number of nitrogens with two attached hydrogens (primary N) is 1. The summed E-state index contributed by atoms with van der Waals surface area (Å²) in [4.78, 5) is 26.5. The molecular formula is C15H14N4O2. The van der Waals surface area contributed by atoms with E-state index in [0.29, 0.717) is 11.4 Å². The second kappa shape index (κ2) is 6.85. The Morgan fingerprint density at radius 3 is 2.52 bits per heavy atom. The van der Waals surface area contributed by atoms with E-state index in [1.54, 1.807) is 48.8 Å². The SMILES string of the molecule is NC(=O)Nc1cccc(NC(=O)/C=C/c2cccnc2)c1. The third-order valence-electron chi connectivity index (χ3n) is 2.51. The molecule has 0 aliphatic carbocycles. The van der Waals surface area contributed by atoms with E-state index in [9.17, 15) is 9.59 Å². The van der Waals surface area contributed by atoms with Crippen molar-refractivity contribution in [1.82, 2.24) is 4.98 Å². The number of benzene rings is 1. The molecule has 2 rings (SSSR count). The lowest BCUT2D eigenvalue weighted by Gasteiger charge is -2.05. The second-order valence-electron chi connectivity index (χ2n) is 4.18. The van der Waals surface area contributed by atoms with Gasteiger partial charge in [0.15, 0.2) is 0 Å². The molecule has 0 fully saturated rings. The van der Waals surface area contributed by atoms with Gasteiger partial charge in [0.05, 0.1) is 0 Å². The van der Waals surface area contributed by atoms with Crippen LogP contribution in [0.5, 0.6) is 0 Å². The van der Waals surface area contributed by atoms with Crippen LogP contribution >= 0.6 is 0 Å². The van der Waals surface area contributed by atoms with Crippen LogP contribution in [0.3, 0.4) is 0 Å². The summed E-state index contributed by atoms with van der Waals surface area (Å²) >= 11 is 0. The van der Waals surface area contributed by atoms with Gasteiger partial charge in [0.25, 0.3) is 0 Å². The molecule has 4 N–H and O–H groups in total. The molecule has 3 amide bonds. The monoisotopic (exact) mass is 282 g/mol. The van der Waals surface area contributed by atoms with Gasteiger partial charge in [0, 0.05) is 29.8 Å². The Bertz CT molecular complexity index is 668. The van der Waals surface area contributed by atoms with Gasteiger partial charge in [-0.15, -0.1) is 0 Å². The molecule has 0 unspecified atom stereocenters. The molecule has 0 bridgehead atoms. The highest BCUT2D eigenvalue weighted by atomic mass is 16.2. The molecule has 0 saturated carbocycles. The van der Waals surface area contributed by atoms with Crippen molar-refractivity contribution >= 4 is 29.4 Å². The smallest absolute Gasteiger partial charge is 0.316 e. The van der Waals surface area contributed by atoms with E-state index in [4.69, 9.17) is 5.73 Å². The van der Waals surface area contributed by atoms with Gasteiger partial charge in [-0.05, 0) is 35.9 Å². The predicted molar refractivity (Wildman–Crippen MR) is 81.5 cm³/mol. The molecule has 6 heteroatoms. The van der Waals surface area contributed by atoms with Gasteiger partial charge in [0.1, 0.15) is 0 Å². The van der Waals surface area contributed by atoms with Gasteiger partial charge in [-0.2, -0.15) is 0 Å². The van der Waals surface area contributed by atoms with E-state index in [1.165, 1.54) is 6.08 Å². The molecule has 1 heterocycles. The third kappa shape index (κ3) is 4.79. The van der Waals surface area contributed by atoms with Gasteiger partial charge in [-0.3, -0.25) is 9.78 Å². The Hall–Kier alpha value is -3.15. The van der Waals surface area contributed by atoms with Crippen LogP contribution in [0.15, 0.2) is 54.9 Å². The van der Waals surface area contributed by atoms with Crippen molar-refractivity contribution in [3.05, 3.63) is 60.4 Å². The van der Waals surface area contributed by atoms with E-state index in [2.05, 4.69) is 15.6 Å². The zero-order chi connectivity index (χ0) is 15.1. The first-order valence-corrected chi connectivity index (χ1v) is 6.19. The summed E-state index contributed by atoms with van der Waals surface area (Å²) in [5.74, 6) is -0.282. The van der Waals surface area contributed by atoms with Crippen LogP contribution in [0, 0.1) is 0 Å². The molecule has 0 radical (unpaired) electrons. The number of rotatable bonds is 4. The zero-order valence-corrected chi connectivity index (χ0v) is 11.1. The van der Waals surface area contributed by atoms with E-state index in [-0.39, 0.29) is 5.91 Å². The number of nitrogens with zero attached hydrogens (tertiary/aromatic N) is 1. The van der Waals surface area contributed by atoms with Gasteiger partial charge < -0.3 is 16.4 Å². The average molecular weight is 282 g/mol. The van der Waals surface area contributed by atoms with Crippen LogP contribution in [0.2, 0.25) is 0 Å². The summed E-state index contributed by atoms with van der Waals surface area (Å²) in [5.41, 5.74) is 6.93. The van der Waals surface area contributed by atoms with E-state index >= 15 is 0 Å². The van der Waals surface area contributed by atoms with E-state index < -0.39 is 6.03 Å². The first-order valence-electron chi connectivity index (χ1n) is 6.19. The van der Waals surface area contributed by atoms with Crippen molar-refractivity contribution in [2.45, 2.75) is 0 Å². The molecule has 0 aliphatic rings. The van der Waals surface area contributed by atoms with Gasteiger partial charge in [-0.1, -0.05) is 12.1 Å². The highest BCUT2D eigenvalue weighted by Crippen LogP contribution is 2.14. The Kier molecular flexibility index (Phi) is 4.66. The van der Waals surface area contributed by atoms with Gasteiger partial charge in [0.2, 0.25) is 5.91 Å². The number of nitrogens with one attached hydrogen (secondary N) is 2. The zero-order valence-electron chi connectivity index (χ0n) is 11.1. The first-order chi connectivity index (χ1) is 10.1. The minimum atomic E-state index is -0.657.